The van der Waals surface area contributed by atoms with Crippen molar-refractivity contribution in [1.82, 2.24) is 4.31 Å². The Morgan fingerprint density at radius 1 is 1.19 bits per heavy atom. The highest BCUT2D eigenvalue weighted by atomic mass is 35.5. The van der Waals surface area contributed by atoms with Gasteiger partial charge in [-0.05, 0) is 49.4 Å². The highest BCUT2D eigenvalue weighted by molar-refractivity contribution is 7.89. The number of hydrogen-bond acceptors (Lipinski definition) is 5. The number of anilines is 1. The first-order valence-corrected chi connectivity index (χ1v) is 12.5. The van der Waals surface area contributed by atoms with Crippen LogP contribution in [-0.4, -0.2) is 50.6 Å². The zero-order valence-corrected chi connectivity index (χ0v) is 19.5. The molecule has 1 N–H and O–H groups in total. The SMILES string of the molecule is COC(=O)c1ccc(Cl)c(NC(=O)[C@@H]2CCCN(S(=O)(=O)CCCc3ccccc3)C2)c1. The summed E-state index contributed by atoms with van der Waals surface area (Å²) in [4.78, 5) is 24.6. The molecule has 0 saturated carbocycles. The predicted octanol–water partition coefficient (Wildman–Crippen LogP) is 3.74. The molecule has 1 atom stereocenters. The van der Waals surface area contributed by atoms with E-state index in [1.807, 2.05) is 30.3 Å². The van der Waals surface area contributed by atoms with Gasteiger partial charge >= 0.3 is 5.97 Å². The van der Waals surface area contributed by atoms with Crippen molar-refractivity contribution in [2.45, 2.75) is 25.7 Å². The Balaban J connectivity index is 1.60. The van der Waals surface area contributed by atoms with Gasteiger partial charge in [-0.1, -0.05) is 41.9 Å². The van der Waals surface area contributed by atoms with Crippen molar-refractivity contribution in [2.24, 2.45) is 5.92 Å². The minimum Gasteiger partial charge on any atom is -0.465 e. The first-order valence-electron chi connectivity index (χ1n) is 10.5. The molecule has 7 nitrogen and oxygen atoms in total. The number of benzene rings is 2. The van der Waals surface area contributed by atoms with Gasteiger partial charge in [0.05, 0.1) is 35.1 Å². The van der Waals surface area contributed by atoms with Crippen molar-refractivity contribution in [2.75, 3.05) is 31.3 Å². The van der Waals surface area contributed by atoms with Gasteiger partial charge in [0.15, 0.2) is 0 Å². The maximum atomic E-state index is 12.8. The van der Waals surface area contributed by atoms with E-state index in [0.29, 0.717) is 37.9 Å². The third-order valence-corrected chi connectivity index (χ3v) is 7.76. The molecular formula is C23H27ClN2O5S. The molecular weight excluding hydrogens is 452 g/mol. The summed E-state index contributed by atoms with van der Waals surface area (Å²) in [5, 5.41) is 3.02. The van der Waals surface area contributed by atoms with Gasteiger partial charge in [0.25, 0.3) is 0 Å². The van der Waals surface area contributed by atoms with Crippen molar-refractivity contribution in [3.05, 3.63) is 64.7 Å². The number of esters is 1. The Kier molecular flexibility index (Phi) is 8.28. The number of aryl methyl sites for hydroxylation is 1. The minimum absolute atomic E-state index is 0.0449. The van der Waals surface area contributed by atoms with Crippen molar-refractivity contribution in [1.29, 1.82) is 0 Å². The van der Waals surface area contributed by atoms with E-state index in [9.17, 15) is 18.0 Å². The van der Waals surface area contributed by atoms with Gasteiger partial charge in [-0.15, -0.1) is 0 Å². The topological polar surface area (TPSA) is 92.8 Å². The molecule has 0 bridgehead atoms. The van der Waals surface area contributed by atoms with E-state index in [-0.39, 0.29) is 28.8 Å². The molecule has 1 aliphatic rings. The minimum atomic E-state index is -3.46. The third-order valence-electron chi connectivity index (χ3n) is 5.50. The average molecular weight is 479 g/mol. The van der Waals surface area contributed by atoms with Crippen LogP contribution in [0.4, 0.5) is 5.69 Å². The van der Waals surface area contributed by atoms with Crippen LogP contribution in [0.15, 0.2) is 48.5 Å². The van der Waals surface area contributed by atoms with Crippen LogP contribution in [0.3, 0.4) is 0 Å². The summed E-state index contributed by atoms with van der Waals surface area (Å²) in [5.74, 6) is -1.31. The van der Waals surface area contributed by atoms with Crippen molar-refractivity contribution < 1.29 is 22.7 Å². The number of halogens is 1. The van der Waals surface area contributed by atoms with E-state index < -0.39 is 21.9 Å². The Hall–Kier alpha value is -2.42. The summed E-state index contributed by atoms with van der Waals surface area (Å²) in [6.45, 7) is 0.545. The Morgan fingerprint density at radius 2 is 1.94 bits per heavy atom. The van der Waals surface area contributed by atoms with Crippen LogP contribution in [0, 0.1) is 5.92 Å². The molecule has 172 valence electrons. The molecule has 1 saturated heterocycles. The second-order valence-corrected chi connectivity index (χ2v) is 10.3. The first-order chi connectivity index (χ1) is 15.3. The highest BCUT2D eigenvalue weighted by Gasteiger charge is 2.32. The molecule has 0 radical (unpaired) electrons. The number of hydrogen-bond donors (Lipinski definition) is 1. The number of nitrogens with one attached hydrogen (secondary N) is 1. The number of methoxy groups -OCH3 is 1. The molecule has 0 aromatic heterocycles. The lowest BCUT2D eigenvalue weighted by Gasteiger charge is -2.31. The molecule has 32 heavy (non-hydrogen) atoms. The molecule has 1 amide bonds. The lowest BCUT2D eigenvalue weighted by molar-refractivity contribution is -0.120. The molecule has 9 heteroatoms. The lowest BCUT2D eigenvalue weighted by Crippen LogP contribution is -2.44. The molecule has 1 heterocycles. The van der Waals surface area contributed by atoms with Crippen LogP contribution in [0.2, 0.25) is 5.02 Å². The molecule has 0 aliphatic carbocycles. The quantitative estimate of drug-likeness (QED) is 0.583. The smallest absolute Gasteiger partial charge is 0.337 e. The maximum absolute atomic E-state index is 12.8. The lowest BCUT2D eigenvalue weighted by atomic mass is 9.98. The first kappa shape index (κ1) is 24.2. The van der Waals surface area contributed by atoms with Crippen molar-refractivity contribution >= 4 is 39.2 Å². The fourth-order valence-electron chi connectivity index (χ4n) is 3.74. The number of rotatable bonds is 8. The van der Waals surface area contributed by atoms with Crippen LogP contribution in [0.5, 0.6) is 0 Å². The second-order valence-electron chi connectivity index (χ2n) is 7.78. The number of carbonyl (C=O) groups excluding carboxylic acids is 2. The largest absolute Gasteiger partial charge is 0.465 e. The number of nitrogens with zero attached hydrogens (tertiary/aromatic N) is 1. The van der Waals surface area contributed by atoms with Gasteiger partial charge in [0.1, 0.15) is 0 Å². The van der Waals surface area contributed by atoms with Gasteiger partial charge in [0.2, 0.25) is 15.9 Å². The zero-order chi connectivity index (χ0) is 23.1. The van der Waals surface area contributed by atoms with Crippen molar-refractivity contribution in [3.8, 4) is 0 Å². The summed E-state index contributed by atoms with van der Waals surface area (Å²) in [7, 11) is -2.19. The van der Waals surface area contributed by atoms with Gasteiger partial charge in [-0.25, -0.2) is 17.5 Å². The van der Waals surface area contributed by atoms with Crippen LogP contribution in [0.1, 0.15) is 35.2 Å². The second kappa shape index (κ2) is 10.9. The average Bonchev–Trinajstić information content (AvgIpc) is 2.80. The van der Waals surface area contributed by atoms with Crippen LogP contribution < -0.4 is 5.32 Å². The van der Waals surface area contributed by atoms with E-state index in [2.05, 4.69) is 5.32 Å². The summed E-state index contributed by atoms with van der Waals surface area (Å²) >= 11 is 6.16. The normalized spacial score (nSPS) is 17.0. The van der Waals surface area contributed by atoms with Gasteiger partial charge < -0.3 is 10.1 Å². The molecule has 0 unspecified atom stereocenters. The fraction of sp³-hybridized carbons (Fsp3) is 0.391. The van der Waals surface area contributed by atoms with Gasteiger partial charge in [0, 0.05) is 13.1 Å². The van der Waals surface area contributed by atoms with Crippen LogP contribution in [0.25, 0.3) is 0 Å². The van der Waals surface area contributed by atoms with Gasteiger partial charge in [-0.3, -0.25) is 4.79 Å². The monoisotopic (exact) mass is 478 g/mol. The zero-order valence-electron chi connectivity index (χ0n) is 17.9. The summed E-state index contributed by atoms with van der Waals surface area (Å²) in [5.41, 5.74) is 1.66. The van der Waals surface area contributed by atoms with Crippen molar-refractivity contribution in [3.63, 3.8) is 0 Å². The summed E-state index contributed by atoms with van der Waals surface area (Å²) < 4.78 is 31.8. The van der Waals surface area contributed by atoms with E-state index in [1.54, 1.807) is 0 Å². The number of carbonyl (C=O) groups is 2. The van der Waals surface area contributed by atoms with E-state index in [4.69, 9.17) is 16.3 Å². The summed E-state index contributed by atoms with van der Waals surface area (Å²) in [6.07, 6.45) is 2.39. The fourth-order valence-corrected chi connectivity index (χ4v) is 5.49. The molecule has 2 aromatic carbocycles. The molecule has 2 aromatic rings. The molecule has 1 aliphatic heterocycles. The van der Waals surface area contributed by atoms with E-state index in [1.165, 1.54) is 29.6 Å². The number of ether oxygens (including phenoxy) is 1. The van der Waals surface area contributed by atoms with Crippen LogP contribution in [-0.2, 0) is 26.0 Å². The Morgan fingerprint density at radius 3 is 2.66 bits per heavy atom. The molecule has 3 rings (SSSR count). The van der Waals surface area contributed by atoms with Crippen LogP contribution >= 0.6 is 11.6 Å². The number of amides is 1. The number of sulfonamides is 1. The van der Waals surface area contributed by atoms with Gasteiger partial charge in [-0.2, -0.15) is 0 Å². The maximum Gasteiger partial charge on any atom is 0.337 e. The predicted molar refractivity (Wildman–Crippen MR) is 124 cm³/mol. The summed E-state index contributed by atoms with van der Waals surface area (Å²) in [6, 6.07) is 14.2. The number of piperidine rings is 1. The standard InChI is InChI=1S/C23H27ClN2O5S/c1-31-23(28)18-11-12-20(24)21(15-18)25-22(27)19-10-5-13-26(16-19)32(29,30)14-6-9-17-7-3-2-4-8-17/h2-4,7-8,11-12,15,19H,5-6,9-10,13-14,16H2,1H3,(H,25,27)/t19-/m1/s1. The van der Waals surface area contributed by atoms with E-state index in [0.717, 1.165) is 5.56 Å². The Labute approximate surface area is 193 Å². The van der Waals surface area contributed by atoms with E-state index >= 15 is 0 Å². The highest BCUT2D eigenvalue weighted by Crippen LogP contribution is 2.26. The Bertz CT molecular complexity index is 1060. The third kappa shape index (κ3) is 6.31. The molecule has 0 spiro atoms. The molecule has 1 fully saturated rings.